The van der Waals surface area contributed by atoms with E-state index in [1.54, 1.807) is 0 Å². The molecule has 0 bridgehead atoms. The Bertz CT molecular complexity index is 434. The van der Waals surface area contributed by atoms with Crippen molar-refractivity contribution in [3.8, 4) is 11.5 Å². The quantitative estimate of drug-likeness (QED) is 0.822. The van der Waals surface area contributed by atoms with E-state index in [1.807, 2.05) is 30.1 Å². The van der Waals surface area contributed by atoms with E-state index in [2.05, 4.69) is 0 Å². The Morgan fingerprint density at radius 3 is 2.78 bits per heavy atom. The smallest absolute Gasteiger partial charge is 0.231 e. The molecule has 1 aromatic rings. The van der Waals surface area contributed by atoms with Gasteiger partial charge in [0.1, 0.15) is 13.2 Å². The normalized spacial score (nSPS) is 13.7. The number of amides is 1. The van der Waals surface area contributed by atoms with Crippen LogP contribution in [0.2, 0.25) is 0 Å². The third kappa shape index (κ3) is 3.37. The molecule has 0 spiro atoms. The molecule has 0 atom stereocenters. The van der Waals surface area contributed by atoms with Crippen LogP contribution in [0.15, 0.2) is 18.2 Å². The first-order valence-electron chi connectivity index (χ1n) is 6.00. The molecule has 0 saturated carbocycles. The molecular formula is C13H18N2O3. The van der Waals surface area contributed by atoms with E-state index in [9.17, 15) is 4.79 Å². The summed E-state index contributed by atoms with van der Waals surface area (Å²) in [6, 6.07) is 5.94. The van der Waals surface area contributed by atoms with Crippen molar-refractivity contribution in [1.82, 2.24) is 4.90 Å². The average molecular weight is 250 g/mol. The number of nitrogens with zero attached hydrogens (tertiary/aromatic N) is 1. The van der Waals surface area contributed by atoms with Crippen molar-refractivity contribution in [1.29, 1.82) is 0 Å². The summed E-state index contributed by atoms with van der Waals surface area (Å²) in [5.74, 6) is 1.30. The van der Waals surface area contributed by atoms with Crippen LogP contribution in [0.25, 0.3) is 0 Å². The number of rotatable bonds is 5. The van der Waals surface area contributed by atoms with Gasteiger partial charge in [-0.25, -0.2) is 0 Å². The summed E-state index contributed by atoms with van der Waals surface area (Å²) in [5.41, 5.74) is 6.30. The fourth-order valence-electron chi connectivity index (χ4n) is 1.91. The van der Waals surface area contributed by atoms with Crippen LogP contribution in [-0.4, -0.2) is 44.2 Å². The summed E-state index contributed by atoms with van der Waals surface area (Å²) in [7, 11) is 1.88. The molecule has 0 unspecified atom stereocenters. The number of benzene rings is 1. The van der Waals surface area contributed by atoms with E-state index < -0.39 is 0 Å². The molecule has 0 radical (unpaired) electrons. The largest absolute Gasteiger partial charge is 0.486 e. The van der Waals surface area contributed by atoms with Crippen molar-refractivity contribution < 1.29 is 14.3 Å². The summed E-state index contributed by atoms with van der Waals surface area (Å²) in [6.07, 6.45) is 0.848. The van der Waals surface area contributed by atoms with Gasteiger partial charge in [0.2, 0.25) is 5.91 Å². The second-order valence-electron chi connectivity index (χ2n) is 4.43. The Hall–Kier alpha value is -1.75. The molecule has 1 aromatic carbocycles. The Morgan fingerprint density at radius 2 is 2.06 bits per heavy atom. The molecule has 0 aromatic heterocycles. The number of primary amides is 1. The molecule has 2 N–H and O–H groups in total. The van der Waals surface area contributed by atoms with Gasteiger partial charge in [-0.1, -0.05) is 6.07 Å². The fourth-order valence-corrected chi connectivity index (χ4v) is 1.91. The van der Waals surface area contributed by atoms with Gasteiger partial charge in [0.05, 0.1) is 6.54 Å². The standard InChI is InChI=1S/C13H18N2O3/c1-15(9-13(14)16)5-4-10-2-3-11-12(8-10)18-7-6-17-11/h2-3,8H,4-7,9H2,1H3,(H2,14,16). The van der Waals surface area contributed by atoms with Crippen molar-refractivity contribution in [2.45, 2.75) is 6.42 Å². The third-order valence-corrected chi connectivity index (χ3v) is 2.81. The zero-order chi connectivity index (χ0) is 13.0. The molecule has 98 valence electrons. The lowest BCUT2D eigenvalue weighted by Gasteiger charge is -2.19. The second kappa shape index (κ2) is 5.73. The van der Waals surface area contributed by atoms with E-state index in [0.717, 1.165) is 30.0 Å². The highest BCUT2D eigenvalue weighted by atomic mass is 16.6. The maximum absolute atomic E-state index is 10.8. The third-order valence-electron chi connectivity index (χ3n) is 2.81. The maximum Gasteiger partial charge on any atom is 0.231 e. The highest BCUT2D eigenvalue weighted by molar-refractivity contribution is 5.75. The van der Waals surface area contributed by atoms with E-state index in [1.165, 1.54) is 0 Å². The van der Waals surface area contributed by atoms with E-state index in [-0.39, 0.29) is 12.5 Å². The molecule has 1 aliphatic heterocycles. The van der Waals surface area contributed by atoms with Crippen molar-refractivity contribution in [2.75, 3.05) is 33.4 Å². The zero-order valence-corrected chi connectivity index (χ0v) is 10.5. The Morgan fingerprint density at radius 1 is 1.33 bits per heavy atom. The summed E-state index contributed by atoms with van der Waals surface area (Å²) in [5, 5.41) is 0. The second-order valence-corrected chi connectivity index (χ2v) is 4.43. The topological polar surface area (TPSA) is 64.8 Å². The monoisotopic (exact) mass is 250 g/mol. The predicted molar refractivity (Wildman–Crippen MR) is 67.8 cm³/mol. The molecule has 1 amide bonds. The van der Waals surface area contributed by atoms with Crippen LogP contribution in [0.3, 0.4) is 0 Å². The van der Waals surface area contributed by atoms with Crippen molar-refractivity contribution in [3.05, 3.63) is 23.8 Å². The van der Waals surface area contributed by atoms with Crippen LogP contribution in [-0.2, 0) is 11.2 Å². The SMILES string of the molecule is CN(CCc1ccc2c(c1)OCCO2)CC(N)=O. The first kappa shape index (κ1) is 12.7. The minimum atomic E-state index is -0.306. The molecule has 0 fully saturated rings. The molecule has 18 heavy (non-hydrogen) atoms. The first-order valence-corrected chi connectivity index (χ1v) is 6.00. The van der Waals surface area contributed by atoms with Gasteiger partial charge in [-0.2, -0.15) is 0 Å². The summed E-state index contributed by atoms with van der Waals surface area (Å²) in [4.78, 5) is 12.7. The number of nitrogens with two attached hydrogens (primary N) is 1. The van der Waals surface area contributed by atoms with Crippen molar-refractivity contribution in [2.24, 2.45) is 5.73 Å². The van der Waals surface area contributed by atoms with Gasteiger partial charge in [0, 0.05) is 6.54 Å². The summed E-state index contributed by atoms with van der Waals surface area (Å²) in [6.45, 7) is 2.26. The van der Waals surface area contributed by atoms with Crippen molar-refractivity contribution >= 4 is 5.91 Å². The van der Waals surface area contributed by atoms with Crippen LogP contribution in [0, 0.1) is 0 Å². The molecule has 5 heteroatoms. The summed E-state index contributed by atoms with van der Waals surface area (Å²) < 4.78 is 11.0. The number of likely N-dealkylation sites (N-methyl/N-ethyl adjacent to an activating group) is 1. The van der Waals surface area contributed by atoms with E-state index in [4.69, 9.17) is 15.2 Å². The molecular weight excluding hydrogens is 232 g/mol. The number of hydrogen-bond donors (Lipinski definition) is 1. The lowest BCUT2D eigenvalue weighted by molar-refractivity contribution is -0.118. The van der Waals surface area contributed by atoms with Gasteiger partial charge in [-0.05, 0) is 31.2 Å². The lowest BCUT2D eigenvalue weighted by atomic mass is 10.1. The lowest BCUT2D eigenvalue weighted by Crippen LogP contribution is -2.32. The van der Waals surface area contributed by atoms with Gasteiger partial charge in [-0.3, -0.25) is 9.69 Å². The zero-order valence-electron chi connectivity index (χ0n) is 10.5. The Kier molecular flexibility index (Phi) is 4.04. The van der Waals surface area contributed by atoms with Gasteiger partial charge in [0.15, 0.2) is 11.5 Å². The number of ether oxygens (including phenoxy) is 2. The first-order chi connectivity index (χ1) is 8.65. The fraction of sp³-hybridized carbons (Fsp3) is 0.462. The van der Waals surface area contributed by atoms with Gasteiger partial charge >= 0.3 is 0 Å². The highest BCUT2D eigenvalue weighted by Gasteiger charge is 2.12. The molecule has 0 saturated heterocycles. The van der Waals surface area contributed by atoms with Gasteiger partial charge in [-0.15, -0.1) is 0 Å². The molecule has 5 nitrogen and oxygen atoms in total. The number of fused-ring (bicyclic) bond motifs is 1. The average Bonchev–Trinajstić information content (AvgIpc) is 2.35. The van der Waals surface area contributed by atoms with Crippen LogP contribution in [0.4, 0.5) is 0 Å². The number of carbonyl (C=O) groups is 1. The van der Waals surface area contributed by atoms with Gasteiger partial charge in [0.25, 0.3) is 0 Å². The highest BCUT2D eigenvalue weighted by Crippen LogP contribution is 2.30. The van der Waals surface area contributed by atoms with Crippen LogP contribution in [0.1, 0.15) is 5.56 Å². The molecule has 1 aliphatic rings. The Balaban J connectivity index is 1.91. The van der Waals surface area contributed by atoms with Crippen LogP contribution in [0.5, 0.6) is 11.5 Å². The minimum Gasteiger partial charge on any atom is -0.486 e. The van der Waals surface area contributed by atoms with E-state index in [0.29, 0.717) is 13.2 Å². The van der Waals surface area contributed by atoms with Gasteiger partial charge < -0.3 is 15.2 Å². The van der Waals surface area contributed by atoms with Crippen LogP contribution >= 0.6 is 0 Å². The van der Waals surface area contributed by atoms with E-state index >= 15 is 0 Å². The number of carbonyl (C=O) groups excluding carboxylic acids is 1. The maximum atomic E-state index is 10.8. The Labute approximate surface area is 106 Å². The number of hydrogen-bond acceptors (Lipinski definition) is 4. The van der Waals surface area contributed by atoms with Crippen LogP contribution < -0.4 is 15.2 Å². The minimum absolute atomic E-state index is 0.282. The molecule has 0 aliphatic carbocycles. The molecule has 1 heterocycles. The summed E-state index contributed by atoms with van der Waals surface area (Å²) >= 11 is 0. The van der Waals surface area contributed by atoms with Crippen molar-refractivity contribution in [3.63, 3.8) is 0 Å². The predicted octanol–water partition coefficient (Wildman–Crippen LogP) is 0.417. The molecule has 2 rings (SSSR count).